The van der Waals surface area contributed by atoms with Crippen LogP contribution in [0.5, 0.6) is 5.88 Å². The SMILES string of the molecule is CCOC(=O)N1CCN(C(=O)C(CCC(=O)O)NC(=O)c2cc(OCC(COC)OC)nc(-c3ccccc3)n2)CC1. The molecular formula is C28H37N5O9. The predicted molar refractivity (Wildman–Crippen MR) is 149 cm³/mol. The Morgan fingerprint density at radius 3 is 2.31 bits per heavy atom. The van der Waals surface area contributed by atoms with Gasteiger partial charge in [0.1, 0.15) is 24.4 Å². The van der Waals surface area contributed by atoms with Crippen molar-refractivity contribution in [2.45, 2.75) is 31.9 Å². The molecule has 0 bridgehead atoms. The molecule has 14 nitrogen and oxygen atoms in total. The third-order valence-corrected chi connectivity index (χ3v) is 6.44. The fourth-order valence-corrected chi connectivity index (χ4v) is 4.18. The summed E-state index contributed by atoms with van der Waals surface area (Å²) in [4.78, 5) is 62.0. The van der Waals surface area contributed by atoms with Gasteiger partial charge >= 0.3 is 12.1 Å². The molecule has 1 fully saturated rings. The number of ether oxygens (including phenoxy) is 4. The Labute approximate surface area is 243 Å². The number of hydrogen-bond donors (Lipinski definition) is 2. The lowest BCUT2D eigenvalue weighted by molar-refractivity contribution is -0.138. The van der Waals surface area contributed by atoms with Crippen molar-refractivity contribution in [1.82, 2.24) is 25.1 Å². The van der Waals surface area contributed by atoms with E-state index in [9.17, 15) is 24.3 Å². The van der Waals surface area contributed by atoms with E-state index in [0.717, 1.165) is 0 Å². The average Bonchev–Trinajstić information content (AvgIpc) is 3.01. The summed E-state index contributed by atoms with van der Waals surface area (Å²) in [6.07, 6.45) is -1.32. The van der Waals surface area contributed by atoms with Crippen molar-refractivity contribution >= 4 is 23.9 Å². The minimum absolute atomic E-state index is 0.0696. The van der Waals surface area contributed by atoms with Crippen LogP contribution in [0.15, 0.2) is 36.4 Å². The number of benzene rings is 1. The quantitative estimate of drug-likeness (QED) is 0.328. The number of aliphatic carboxylic acids is 1. The number of methoxy groups -OCH3 is 2. The average molecular weight is 588 g/mol. The van der Waals surface area contributed by atoms with Gasteiger partial charge in [-0.15, -0.1) is 0 Å². The van der Waals surface area contributed by atoms with Crippen molar-refractivity contribution in [3.63, 3.8) is 0 Å². The Balaban J connectivity index is 1.81. The van der Waals surface area contributed by atoms with Crippen LogP contribution < -0.4 is 10.1 Å². The minimum atomic E-state index is -1.14. The van der Waals surface area contributed by atoms with Crippen LogP contribution >= 0.6 is 0 Å². The lowest BCUT2D eigenvalue weighted by Crippen LogP contribution is -2.56. The zero-order valence-corrected chi connectivity index (χ0v) is 24.0. The highest BCUT2D eigenvalue weighted by molar-refractivity contribution is 5.96. The first kappa shape index (κ1) is 32.2. The molecule has 1 aliphatic heterocycles. The first-order valence-corrected chi connectivity index (χ1v) is 13.6. The van der Waals surface area contributed by atoms with E-state index in [1.54, 1.807) is 31.2 Å². The van der Waals surface area contributed by atoms with Crippen molar-refractivity contribution in [2.75, 3.05) is 60.2 Å². The lowest BCUT2D eigenvalue weighted by atomic mass is 10.1. The number of carboxylic acid groups (broad SMARTS) is 1. The maximum Gasteiger partial charge on any atom is 0.409 e. The van der Waals surface area contributed by atoms with E-state index >= 15 is 0 Å². The monoisotopic (exact) mass is 587 g/mol. The topological polar surface area (TPSA) is 170 Å². The molecule has 0 radical (unpaired) electrons. The molecule has 1 saturated heterocycles. The number of amides is 3. The predicted octanol–water partition coefficient (Wildman–Crippen LogP) is 1.45. The van der Waals surface area contributed by atoms with Gasteiger partial charge in [0.25, 0.3) is 5.91 Å². The lowest BCUT2D eigenvalue weighted by Gasteiger charge is -2.35. The zero-order valence-electron chi connectivity index (χ0n) is 24.0. The number of hydrogen-bond acceptors (Lipinski definition) is 10. The van der Waals surface area contributed by atoms with Gasteiger partial charge in [-0.05, 0) is 13.3 Å². The molecule has 228 valence electrons. The summed E-state index contributed by atoms with van der Waals surface area (Å²) in [6.45, 7) is 3.25. The highest BCUT2D eigenvalue weighted by atomic mass is 16.6. The van der Waals surface area contributed by atoms with Crippen molar-refractivity contribution in [3.05, 3.63) is 42.1 Å². The number of nitrogens with one attached hydrogen (secondary N) is 1. The van der Waals surface area contributed by atoms with Gasteiger partial charge in [-0.2, -0.15) is 4.98 Å². The maximum atomic E-state index is 13.4. The molecule has 1 aromatic heterocycles. The van der Waals surface area contributed by atoms with Crippen LogP contribution in [-0.2, 0) is 23.8 Å². The molecule has 0 aliphatic carbocycles. The van der Waals surface area contributed by atoms with Gasteiger partial charge in [-0.25, -0.2) is 9.78 Å². The van der Waals surface area contributed by atoms with Gasteiger partial charge < -0.3 is 39.2 Å². The highest BCUT2D eigenvalue weighted by Crippen LogP contribution is 2.20. The summed E-state index contributed by atoms with van der Waals surface area (Å²) >= 11 is 0. The van der Waals surface area contributed by atoms with Gasteiger partial charge in [0.05, 0.1) is 13.2 Å². The van der Waals surface area contributed by atoms with E-state index in [4.69, 9.17) is 18.9 Å². The summed E-state index contributed by atoms with van der Waals surface area (Å²) in [5, 5.41) is 11.9. The van der Waals surface area contributed by atoms with Gasteiger partial charge in [-0.1, -0.05) is 30.3 Å². The van der Waals surface area contributed by atoms with E-state index in [1.165, 1.54) is 30.1 Å². The highest BCUT2D eigenvalue weighted by Gasteiger charge is 2.31. The molecule has 0 saturated carbocycles. The number of piperazine rings is 1. The standard InChI is InChI=1S/C28H37N5O9/c1-4-41-28(38)33-14-12-32(13-15-33)27(37)21(10-11-24(34)35)30-26(36)22-16-23(42-18-20(40-3)17-39-2)31-25(29-22)19-8-6-5-7-9-19/h5-9,16,20-21H,4,10-15,17-18H2,1-3H3,(H,30,36)(H,34,35). The molecule has 14 heteroatoms. The van der Waals surface area contributed by atoms with E-state index < -0.39 is 29.9 Å². The van der Waals surface area contributed by atoms with Crippen molar-refractivity contribution in [3.8, 4) is 17.3 Å². The Morgan fingerprint density at radius 1 is 1.00 bits per heavy atom. The number of rotatable bonds is 14. The van der Waals surface area contributed by atoms with Crippen molar-refractivity contribution < 1.29 is 43.2 Å². The molecule has 3 rings (SSSR count). The van der Waals surface area contributed by atoms with E-state index in [-0.39, 0.29) is 82.3 Å². The van der Waals surface area contributed by atoms with Crippen molar-refractivity contribution in [2.24, 2.45) is 0 Å². The second-order valence-corrected chi connectivity index (χ2v) is 9.37. The van der Waals surface area contributed by atoms with Gasteiger partial charge in [-0.3, -0.25) is 14.4 Å². The molecule has 2 N–H and O–H groups in total. The number of aromatic nitrogens is 2. The fraction of sp³-hybridized carbons (Fsp3) is 0.500. The number of carbonyl (C=O) groups excluding carboxylic acids is 3. The van der Waals surface area contributed by atoms with Crippen LogP contribution in [-0.4, -0.2) is 121 Å². The maximum absolute atomic E-state index is 13.4. The van der Waals surface area contributed by atoms with Crippen LogP contribution in [0.4, 0.5) is 4.79 Å². The van der Waals surface area contributed by atoms with Crippen LogP contribution in [0, 0.1) is 0 Å². The minimum Gasteiger partial charge on any atom is -0.481 e. The molecule has 1 aliphatic rings. The number of carbonyl (C=O) groups is 4. The molecule has 2 unspecified atom stereocenters. The second-order valence-electron chi connectivity index (χ2n) is 9.37. The summed E-state index contributed by atoms with van der Waals surface area (Å²) in [5.41, 5.74) is 0.565. The van der Waals surface area contributed by atoms with Gasteiger partial charge in [0.2, 0.25) is 11.8 Å². The number of nitrogens with zero attached hydrogens (tertiary/aromatic N) is 4. The Hall–Kier alpha value is -4.30. The third-order valence-electron chi connectivity index (χ3n) is 6.44. The van der Waals surface area contributed by atoms with Crippen LogP contribution in [0.25, 0.3) is 11.4 Å². The van der Waals surface area contributed by atoms with Crippen LogP contribution in [0.2, 0.25) is 0 Å². The van der Waals surface area contributed by atoms with E-state index in [2.05, 4.69) is 15.3 Å². The third kappa shape index (κ3) is 9.38. The van der Waals surface area contributed by atoms with E-state index in [1.807, 2.05) is 6.07 Å². The van der Waals surface area contributed by atoms with E-state index in [0.29, 0.717) is 5.56 Å². The summed E-state index contributed by atoms with van der Waals surface area (Å²) in [5.74, 6) is -1.93. The molecule has 1 aromatic carbocycles. The molecule has 2 atom stereocenters. The smallest absolute Gasteiger partial charge is 0.409 e. The molecule has 0 spiro atoms. The first-order chi connectivity index (χ1) is 20.2. The number of carboxylic acids is 1. The first-order valence-electron chi connectivity index (χ1n) is 13.6. The van der Waals surface area contributed by atoms with Crippen molar-refractivity contribution in [1.29, 1.82) is 0 Å². The molecular weight excluding hydrogens is 550 g/mol. The fourth-order valence-electron chi connectivity index (χ4n) is 4.18. The molecule has 2 heterocycles. The Kier molecular flexibility index (Phi) is 12.4. The summed E-state index contributed by atoms with van der Waals surface area (Å²) in [7, 11) is 3.06. The van der Waals surface area contributed by atoms with Crippen LogP contribution in [0.1, 0.15) is 30.3 Å². The largest absolute Gasteiger partial charge is 0.481 e. The molecule has 42 heavy (non-hydrogen) atoms. The normalized spacial score (nSPS) is 14.5. The Bertz CT molecular complexity index is 1210. The zero-order chi connectivity index (χ0) is 30.5. The molecule has 3 amide bonds. The summed E-state index contributed by atoms with van der Waals surface area (Å²) in [6, 6.07) is 9.19. The van der Waals surface area contributed by atoms with Crippen LogP contribution in [0.3, 0.4) is 0 Å². The molecule has 2 aromatic rings. The summed E-state index contributed by atoms with van der Waals surface area (Å²) < 4.78 is 21.3. The Morgan fingerprint density at radius 2 is 1.69 bits per heavy atom. The second kappa shape index (κ2) is 16.2. The van der Waals surface area contributed by atoms with Gasteiger partial charge in [0, 0.05) is 58.4 Å². The van der Waals surface area contributed by atoms with Gasteiger partial charge in [0.15, 0.2) is 5.82 Å².